The fourth-order valence-electron chi connectivity index (χ4n) is 3.65. The highest BCUT2D eigenvalue weighted by Crippen LogP contribution is 2.43. The van der Waals surface area contributed by atoms with Crippen molar-refractivity contribution in [3.05, 3.63) is 63.1 Å². The first-order valence-corrected chi connectivity index (χ1v) is 9.07. The lowest BCUT2D eigenvalue weighted by molar-refractivity contribution is -0.163. The van der Waals surface area contributed by atoms with Gasteiger partial charge in [0.2, 0.25) is 0 Å². The molecular weight excluding hydrogens is 376 g/mol. The molecule has 3 rings (SSSR count). The summed E-state index contributed by atoms with van der Waals surface area (Å²) in [5.74, 6) is -0.0787. The zero-order chi connectivity index (χ0) is 21.3. The molecule has 0 spiro atoms. The molecule has 0 saturated carbocycles. The largest absolute Gasteiger partial charge is 0.484 e. The van der Waals surface area contributed by atoms with Gasteiger partial charge in [-0.25, -0.2) is 0 Å². The molecule has 0 aliphatic carbocycles. The Morgan fingerprint density at radius 3 is 2.55 bits per heavy atom. The third-order valence-electron chi connectivity index (χ3n) is 5.00. The zero-order valence-corrected chi connectivity index (χ0v) is 16.4. The first-order valence-electron chi connectivity index (χ1n) is 9.07. The highest BCUT2D eigenvalue weighted by Gasteiger charge is 2.47. The van der Waals surface area contributed by atoms with Crippen LogP contribution in [0.4, 0.5) is 0 Å². The van der Waals surface area contributed by atoms with Gasteiger partial charge >= 0.3 is 5.97 Å². The van der Waals surface area contributed by atoms with Gasteiger partial charge in [0.15, 0.2) is 6.10 Å². The van der Waals surface area contributed by atoms with Crippen molar-refractivity contribution in [2.75, 3.05) is 0 Å². The van der Waals surface area contributed by atoms with Gasteiger partial charge in [0.25, 0.3) is 5.56 Å². The van der Waals surface area contributed by atoms with Crippen LogP contribution in [0.25, 0.3) is 0 Å². The summed E-state index contributed by atoms with van der Waals surface area (Å²) in [5.41, 5.74) is 0.135. The number of aliphatic hydroxyl groups is 2. The number of hydrogen-bond donors (Lipinski definition) is 2. The van der Waals surface area contributed by atoms with Gasteiger partial charge in [0, 0.05) is 24.8 Å². The predicted molar refractivity (Wildman–Crippen MR) is 102 cm³/mol. The Morgan fingerprint density at radius 2 is 1.97 bits per heavy atom. The van der Waals surface area contributed by atoms with Crippen molar-refractivity contribution in [1.29, 1.82) is 5.26 Å². The Morgan fingerprint density at radius 1 is 1.28 bits per heavy atom. The van der Waals surface area contributed by atoms with Crippen molar-refractivity contribution >= 4 is 5.97 Å². The molecule has 1 aliphatic rings. The van der Waals surface area contributed by atoms with Crippen molar-refractivity contribution in [3.8, 4) is 11.8 Å². The Labute approximate surface area is 167 Å². The lowest BCUT2D eigenvalue weighted by atomic mass is 9.85. The van der Waals surface area contributed by atoms with E-state index in [4.69, 9.17) is 9.47 Å². The zero-order valence-electron chi connectivity index (χ0n) is 16.4. The maximum absolute atomic E-state index is 12.9. The van der Waals surface area contributed by atoms with Gasteiger partial charge in [-0.3, -0.25) is 9.59 Å². The van der Waals surface area contributed by atoms with Crippen LogP contribution in [-0.4, -0.2) is 32.5 Å². The van der Waals surface area contributed by atoms with Crippen molar-refractivity contribution in [1.82, 2.24) is 4.57 Å². The number of ether oxygens (including phenoxy) is 2. The first kappa shape index (κ1) is 20.6. The number of pyridine rings is 1. The van der Waals surface area contributed by atoms with Gasteiger partial charge in [-0.15, -0.1) is 0 Å². The number of carbonyl (C=O) groups is 1. The number of esters is 1. The second-order valence-electron chi connectivity index (χ2n) is 7.43. The molecular formula is C21H22N2O6. The van der Waals surface area contributed by atoms with Crippen molar-refractivity contribution in [2.45, 2.75) is 51.7 Å². The molecule has 0 fully saturated rings. The van der Waals surface area contributed by atoms with Gasteiger partial charge in [0.1, 0.15) is 17.4 Å². The van der Waals surface area contributed by atoms with Gasteiger partial charge in [-0.05, 0) is 43.2 Å². The quantitative estimate of drug-likeness (QED) is 0.747. The number of aromatic nitrogens is 1. The molecule has 152 valence electrons. The van der Waals surface area contributed by atoms with Crippen LogP contribution in [0.1, 0.15) is 49.1 Å². The molecule has 8 nitrogen and oxygen atoms in total. The monoisotopic (exact) mass is 398 g/mol. The predicted octanol–water partition coefficient (Wildman–Crippen LogP) is 1.40. The maximum atomic E-state index is 12.9. The van der Waals surface area contributed by atoms with Gasteiger partial charge < -0.3 is 24.3 Å². The van der Waals surface area contributed by atoms with Crippen LogP contribution in [0.3, 0.4) is 0 Å². The van der Waals surface area contributed by atoms with Crippen LogP contribution < -0.4 is 10.3 Å². The lowest BCUT2D eigenvalue weighted by Gasteiger charge is -2.44. The Hall–Kier alpha value is -3.15. The average Bonchev–Trinajstić information content (AvgIpc) is 2.67. The molecule has 2 unspecified atom stereocenters. The summed E-state index contributed by atoms with van der Waals surface area (Å²) in [6, 6.07) is 7.35. The minimum absolute atomic E-state index is 0.315. The Kier molecular flexibility index (Phi) is 5.46. The van der Waals surface area contributed by atoms with Gasteiger partial charge in [-0.2, -0.15) is 5.26 Å². The molecule has 1 aromatic heterocycles. The number of fused-ring (bicyclic) bond motifs is 1. The second-order valence-corrected chi connectivity index (χ2v) is 7.43. The van der Waals surface area contributed by atoms with Crippen LogP contribution in [-0.2, 0) is 22.7 Å². The molecule has 2 N–H and O–H groups in total. The maximum Gasteiger partial charge on any atom is 0.303 e. The summed E-state index contributed by atoms with van der Waals surface area (Å²) in [4.78, 5) is 24.7. The highest BCUT2D eigenvalue weighted by molar-refractivity contribution is 5.66. The topological polar surface area (TPSA) is 122 Å². The van der Waals surface area contributed by atoms with E-state index in [9.17, 15) is 25.1 Å². The third-order valence-corrected chi connectivity index (χ3v) is 5.00. The van der Waals surface area contributed by atoms with E-state index in [-0.39, 0.29) is 6.61 Å². The van der Waals surface area contributed by atoms with E-state index in [1.165, 1.54) is 23.8 Å². The molecule has 0 bridgehead atoms. The lowest BCUT2D eigenvalue weighted by Crippen LogP contribution is -2.54. The minimum atomic E-state index is -0.980. The number of carbonyl (C=O) groups excluding carboxylic acids is 1. The van der Waals surface area contributed by atoms with E-state index in [0.717, 1.165) is 0 Å². The summed E-state index contributed by atoms with van der Waals surface area (Å²) in [7, 11) is 0. The summed E-state index contributed by atoms with van der Waals surface area (Å²) in [6.07, 6.45) is 0.560. The number of nitrogens with zero attached hydrogens (tertiary/aromatic N) is 2. The first-order chi connectivity index (χ1) is 13.7. The number of aliphatic hydroxyl groups excluding tert-OH is 2. The molecule has 0 amide bonds. The Balaban J connectivity index is 2.31. The number of benzene rings is 1. The minimum Gasteiger partial charge on any atom is -0.484 e. The summed E-state index contributed by atoms with van der Waals surface area (Å²) in [5, 5.41) is 28.5. The van der Waals surface area contributed by atoms with Crippen molar-refractivity contribution in [3.63, 3.8) is 0 Å². The molecule has 1 aromatic carbocycles. The average molecular weight is 398 g/mol. The van der Waals surface area contributed by atoms with E-state index in [2.05, 4.69) is 6.07 Å². The molecule has 0 radical (unpaired) electrons. The van der Waals surface area contributed by atoms with Crippen LogP contribution in [0, 0.1) is 11.3 Å². The number of hydrogen-bond acceptors (Lipinski definition) is 7. The van der Waals surface area contributed by atoms with E-state index >= 15 is 0 Å². The highest BCUT2D eigenvalue weighted by atomic mass is 16.6. The second kappa shape index (κ2) is 7.70. The molecule has 8 heteroatoms. The molecule has 0 saturated heterocycles. The summed E-state index contributed by atoms with van der Waals surface area (Å²) >= 11 is 0. The van der Waals surface area contributed by atoms with Gasteiger partial charge in [0.05, 0.1) is 24.8 Å². The van der Waals surface area contributed by atoms with Crippen molar-refractivity contribution in [2.24, 2.45) is 0 Å². The van der Waals surface area contributed by atoms with Crippen LogP contribution in [0.15, 0.2) is 35.3 Å². The van der Waals surface area contributed by atoms with Crippen LogP contribution in [0.5, 0.6) is 5.75 Å². The smallest absolute Gasteiger partial charge is 0.303 e. The number of nitriles is 1. The molecule has 2 atom stereocenters. The van der Waals surface area contributed by atoms with E-state index in [0.29, 0.717) is 28.0 Å². The summed E-state index contributed by atoms with van der Waals surface area (Å²) in [6.45, 7) is 3.98. The molecule has 1 aliphatic heterocycles. The fourth-order valence-corrected chi connectivity index (χ4v) is 3.65. The molecule has 2 aromatic rings. The van der Waals surface area contributed by atoms with Crippen LogP contribution in [0.2, 0.25) is 0 Å². The fraction of sp³-hybridized carbons (Fsp3) is 0.381. The normalized spacial score (nSPS) is 19.6. The Bertz CT molecular complexity index is 1050. The van der Waals surface area contributed by atoms with E-state index < -0.39 is 35.9 Å². The van der Waals surface area contributed by atoms with Crippen molar-refractivity contribution < 1.29 is 24.5 Å². The number of rotatable bonds is 4. The SMILES string of the molecule is CC(=O)OC1C(n2cc(CO)c(CO)cc2=O)c2cc(C#N)ccc2OC1(C)C. The molecule has 2 heterocycles. The summed E-state index contributed by atoms with van der Waals surface area (Å²) < 4.78 is 13.0. The third kappa shape index (κ3) is 3.75. The van der Waals surface area contributed by atoms with E-state index in [1.54, 1.807) is 32.0 Å². The van der Waals surface area contributed by atoms with E-state index in [1.807, 2.05) is 0 Å². The molecule has 29 heavy (non-hydrogen) atoms. The standard InChI is InChI=1S/C21H22N2O6/c1-12(26)28-20-19(23-9-15(11-25)14(10-24)7-18(23)27)16-6-13(8-22)4-5-17(16)29-21(20,2)3/h4-7,9,19-20,24-25H,10-11H2,1-3H3. The van der Waals surface area contributed by atoms with Gasteiger partial charge in [-0.1, -0.05) is 0 Å². The van der Waals surface area contributed by atoms with Crippen LogP contribution >= 0.6 is 0 Å².